The molecule has 2 aromatic rings. The van der Waals surface area contributed by atoms with Gasteiger partial charge < -0.3 is 4.90 Å². The fraction of sp³-hybridized carbons (Fsp3) is 0.381. The summed E-state index contributed by atoms with van der Waals surface area (Å²) in [7, 11) is 0. The molecule has 1 spiro atoms. The molecule has 0 aromatic heterocycles. The summed E-state index contributed by atoms with van der Waals surface area (Å²) in [5.74, 6) is -2.14. The molecule has 0 radical (unpaired) electrons. The van der Waals surface area contributed by atoms with Crippen LogP contribution in [0.4, 0.5) is 17.6 Å². The van der Waals surface area contributed by atoms with Gasteiger partial charge in [-0.25, -0.2) is 17.6 Å². The number of rotatable bonds is 7. The molecule has 0 bridgehead atoms. The predicted octanol–water partition coefficient (Wildman–Crippen LogP) is 4.47. The number of nitrogens with one attached hydrogen (secondary N) is 1. The van der Waals surface area contributed by atoms with E-state index < -0.39 is 23.5 Å². The lowest BCUT2D eigenvalue weighted by Crippen LogP contribution is -2.43. The molecule has 2 aromatic carbocycles. The normalized spacial score (nSPS) is 22.3. The van der Waals surface area contributed by atoms with Gasteiger partial charge >= 0.3 is 0 Å². The lowest BCUT2D eigenvalue weighted by Gasteiger charge is -2.27. The van der Waals surface area contributed by atoms with Crippen molar-refractivity contribution in [1.29, 1.82) is 0 Å². The van der Waals surface area contributed by atoms with Gasteiger partial charge in [0, 0.05) is 29.6 Å². The maximum absolute atomic E-state index is 15.3. The Labute approximate surface area is 170 Å². The molecule has 2 fully saturated rings. The summed E-state index contributed by atoms with van der Waals surface area (Å²) in [5, 5.41) is 0. The van der Waals surface area contributed by atoms with E-state index in [2.05, 4.69) is 4.72 Å². The molecule has 2 aliphatic rings. The van der Waals surface area contributed by atoms with Crippen LogP contribution in [-0.2, 0) is 11.2 Å². The number of hydrogen-bond donors (Lipinski definition) is 1. The quantitative estimate of drug-likeness (QED) is 0.405. The second-order valence-corrected chi connectivity index (χ2v) is 8.44. The van der Waals surface area contributed by atoms with Crippen LogP contribution in [0, 0.1) is 22.9 Å². The third-order valence-electron chi connectivity index (χ3n) is 5.94. The van der Waals surface area contributed by atoms with Crippen molar-refractivity contribution in [2.45, 2.75) is 31.3 Å². The summed E-state index contributed by atoms with van der Waals surface area (Å²) >= 11 is 0.946. The molecule has 2 atom stereocenters. The van der Waals surface area contributed by atoms with Crippen LogP contribution in [0.3, 0.4) is 0 Å². The van der Waals surface area contributed by atoms with Crippen LogP contribution in [0.5, 0.6) is 0 Å². The van der Waals surface area contributed by atoms with Crippen LogP contribution in [0.25, 0.3) is 11.1 Å². The molecule has 2 unspecified atom stereocenters. The standard InChI is InChI=1S/C21H20F4N2OS/c22-11-29-26-20-18(27(12-28)10-21(20)4-5-21)8-13-2-1-3-17(19(13)25)14-6-15(23)9-16(24)7-14/h1-3,6-7,9,12,18,20,26H,4-5,8,10-11H2. The molecule has 4 rings (SSSR count). The summed E-state index contributed by atoms with van der Waals surface area (Å²) in [5.41, 5.74) is 0.467. The number of hydrogen-bond acceptors (Lipinski definition) is 3. The van der Waals surface area contributed by atoms with Gasteiger partial charge in [-0.05, 0) is 54.5 Å². The number of carbonyl (C=O) groups excluding carboxylic acids is 1. The molecule has 29 heavy (non-hydrogen) atoms. The zero-order chi connectivity index (χ0) is 20.6. The van der Waals surface area contributed by atoms with Gasteiger partial charge in [-0.1, -0.05) is 18.2 Å². The Morgan fingerprint density at radius 1 is 1.17 bits per heavy atom. The van der Waals surface area contributed by atoms with Gasteiger partial charge in [0.05, 0.1) is 6.04 Å². The first kappa shape index (κ1) is 20.2. The van der Waals surface area contributed by atoms with Gasteiger partial charge in [-0.15, -0.1) is 0 Å². The number of carbonyl (C=O) groups is 1. The average molecular weight is 424 g/mol. The number of amides is 1. The number of benzene rings is 2. The summed E-state index contributed by atoms with van der Waals surface area (Å²) in [6, 6.07) is 6.52. The molecule has 1 aliphatic heterocycles. The van der Waals surface area contributed by atoms with Crippen molar-refractivity contribution >= 4 is 18.4 Å². The first-order chi connectivity index (χ1) is 14.0. The molecule has 1 saturated heterocycles. The summed E-state index contributed by atoms with van der Waals surface area (Å²) in [4.78, 5) is 13.3. The topological polar surface area (TPSA) is 32.3 Å². The zero-order valence-corrected chi connectivity index (χ0v) is 16.3. The van der Waals surface area contributed by atoms with E-state index >= 15 is 4.39 Å². The Morgan fingerprint density at radius 3 is 2.52 bits per heavy atom. The van der Waals surface area contributed by atoms with Crippen LogP contribution in [-0.4, -0.2) is 35.9 Å². The Balaban J connectivity index is 1.65. The fourth-order valence-electron chi connectivity index (χ4n) is 4.38. The second kappa shape index (κ2) is 7.99. The zero-order valence-electron chi connectivity index (χ0n) is 15.5. The van der Waals surface area contributed by atoms with Crippen molar-refractivity contribution in [3.8, 4) is 11.1 Å². The highest BCUT2D eigenvalue weighted by Crippen LogP contribution is 2.55. The number of likely N-dealkylation sites (tertiary alicyclic amines) is 1. The summed E-state index contributed by atoms with van der Waals surface area (Å²) < 4.78 is 58.3. The fourth-order valence-corrected chi connectivity index (χ4v) is 5.03. The summed E-state index contributed by atoms with van der Waals surface area (Å²) in [6.45, 7) is 0.558. The average Bonchev–Trinajstić information content (AvgIpc) is 3.40. The van der Waals surface area contributed by atoms with Crippen molar-refractivity contribution in [3.63, 3.8) is 0 Å². The number of halogens is 4. The number of alkyl halides is 1. The van der Waals surface area contributed by atoms with Crippen molar-refractivity contribution in [3.05, 3.63) is 59.4 Å². The van der Waals surface area contributed by atoms with Crippen LogP contribution in [0.15, 0.2) is 36.4 Å². The third kappa shape index (κ3) is 3.88. The molecular weight excluding hydrogens is 404 g/mol. The van der Waals surface area contributed by atoms with Gasteiger partial charge in [0.2, 0.25) is 6.41 Å². The highest BCUT2D eigenvalue weighted by atomic mass is 32.2. The molecule has 1 N–H and O–H groups in total. The molecule has 1 saturated carbocycles. The lowest BCUT2D eigenvalue weighted by molar-refractivity contribution is -0.119. The van der Waals surface area contributed by atoms with E-state index in [1.54, 1.807) is 17.0 Å². The first-order valence-electron chi connectivity index (χ1n) is 9.35. The van der Waals surface area contributed by atoms with Crippen LogP contribution in [0.1, 0.15) is 18.4 Å². The Kier molecular flexibility index (Phi) is 5.57. The minimum Gasteiger partial charge on any atom is -0.340 e. The third-order valence-corrected chi connectivity index (χ3v) is 6.47. The van der Waals surface area contributed by atoms with Crippen molar-refractivity contribution in [1.82, 2.24) is 9.62 Å². The van der Waals surface area contributed by atoms with E-state index in [0.29, 0.717) is 12.1 Å². The minimum atomic E-state index is -0.782. The van der Waals surface area contributed by atoms with E-state index in [9.17, 15) is 18.0 Å². The van der Waals surface area contributed by atoms with Crippen LogP contribution >= 0.6 is 11.9 Å². The molecule has 8 heteroatoms. The molecule has 154 valence electrons. The largest absolute Gasteiger partial charge is 0.340 e. The highest BCUT2D eigenvalue weighted by Gasteiger charge is 2.59. The molecule has 1 aliphatic carbocycles. The lowest BCUT2D eigenvalue weighted by atomic mass is 9.91. The second-order valence-electron chi connectivity index (χ2n) is 7.70. The van der Waals surface area contributed by atoms with Gasteiger partial charge in [-0.2, -0.15) is 0 Å². The van der Waals surface area contributed by atoms with Crippen molar-refractivity contribution in [2.75, 3.05) is 12.6 Å². The van der Waals surface area contributed by atoms with Crippen LogP contribution < -0.4 is 4.72 Å². The SMILES string of the molecule is O=CN1CC2(CC2)C(NSCF)C1Cc1cccc(-c2cc(F)cc(F)c2)c1F. The van der Waals surface area contributed by atoms with Crippen molar-refractivity contribution in [2.24, 2.45) is 5.41 Å². The number of nitrogens with zero attached hydrogens (tertiary/aromatic N) is 1. The maximum Gasteiger partial charge on any atom is 0.210 e. The predicted molar refractivity (Wildman–Crippen MR) is 104 cm³/mol. The Hall–Kier alpha value is -2.06. The van der Waals surface area contributed by atoms with Gasteiger partial charge in [0.15, 0.2) is 0 Å². The first-order valence-corrected chi connectivity index (χ1v) is 10.3. The van der Waals surface area contributed by atoms with E-state index in [1.165, 1.54) is 6.07 Å². The van der Waals surface area contributed by atoms with E-state index in [-0.39, 0.29) is 35.0 Å². The maximum atomic E-state index is 15.3. The van der Waals surface area contributed by atoms with Crippen molar-refractivity contribution < 1.29 is 22.4 Å². The van der Waals surface area contributed by atoms with E-state index in [4.69, 9.17) is 0 Å². The molecule has 3 nitrogen and oxygen atoms in total. The highest BCUT2D eigenvalue weighted by molar-refractivity contribution is 7.97. The monoisotopic (exact) mass is 424 g/mol. The van der Waals surface area contributed by atoms with E-state index in [0.717, 1.165) is 49.4 Å². The Morgan fingerprint density at radius 2 is 1.90 bits per heavy atom. The Bertz CT molecular complexity index is 901. The minimum absolute atomic E-state index is 0.0898. The molecule has 1 heterocycles. The molecule has 1 amide bonds. The summed E-state index contributed by atoms with van der Waals surface area (Å²) in [6.07, 6.45) is 2.85. The van der Waals surface area contributed by atoms with Gasteiger partial charge in [0.25, 0.3) is 0 Å². The molecular formula is C21H20F4N2OS. The van der Waals surface area contributed by atoms with Gasteiger partial charge in [-0.3, -0.25) is 9.52 Å². The van der Waals surface area contributed by atoms with Gasteiger partial charge in [0.1, 0.15) is 23.5 Å². The van der Waals surface area contributed by atoms with Crippen LogP contribution in [0.2, 0.25) is 0 Å². The van der Waals surface area contributed by atoms with E-state index in [1.807, 2.05) is 0 Å². The smallest absolute Gasteiger partial charge is 0.210 e.